The highest BCUT2D eigenvalue weighted by atomic mass is 16.5. The molecule has 1 fully saturated rings. The van der Waals surface area contributed by atoms with Gasteiger partial charge in [0.25, 0.3) is 0 Å². The number of ether oxygens (including phenoxy) is 1. The quantitative estimate of drug-likeness (QED) is 0.814. The van der Waals surface area contributed by atoms with Crippen LogP contribution in [0.2, 0.25) is 0 Å². The Kier molecular flexibility index (Phi) is 5.82. The Labute approximate surface area is 115 Å². The van der Waals surface area contributed by atoms with Crippen molar-refractivity contribution >= 4 is 0 Å². The van der Waals surface area contributed by atoms with E-state index >= 15 is 0 Å². The first kappa shape index (κ1) is 14.5. The lowest BCUT2D eigenvalue weighted by molar-refractivity contribution is 0.155. The lowest BCUT2D eigenvalue weighted by Crippen LogP contribution is -2.38. The summed E-state index contributed by atoms with van der Waals surface area (Å²) in [6.07, 6.45) is 2.63. The molecule has 0 amide bonds. The van der Waals surface area contributed by atoms with E-state index in [0.717, 1.165) is 43.6 Å². The van der Waals surface area contributed by atoms with Crippen LogP contribution >= 0.6 is 0 Å². The van der Waals surface area contributed by atoms with Crippen molar-refractivity contribution in [2.45, 2.75) is 32.9 Å². The van der Waals surface area contributed by atoms with Crippen LogP contribution in [0, 0.1) is 5.92 Å². The van der Waals surface area contributed by atoms with Gasteiger partial charge in [0.2, 0.25) is 0 Å². The van der Waals surface area contributed by atoms with Crippen molar-refractivity contribution in [3.63, 3.8) is 0 Å². The van der Waals surface area contributed by atoms with Gasteiger partial charge in [0.05, 0.1) is 5.69 Å². The number of piperidine rings is 1. The lowest BCUT2D eigenvalue weighted by atomic mass is 9.99. The van der Waals surface area contributed by atoms with Crippen molar-refractivity contribution in [2.75, 3.05) is 33.3 Å². The van der Waals surface area contributed by atoms with Crippen molar-refractivity contribution in [3.8, 4) is 0 Å². The van der Waals surface area contributed by atoms with Crippen molar-refractivity contribution in [1.29, 1.82) is 0 Å². The van der Waals surface area contributed by atoms with Crippen LogP contribution in [0.25, 0.3) is 0 Å². The minimum absolute atomic E-state index is 0.492. The third-order valence-corrected chi connectivity index (χ3v) is 3.64. The van der Waals surface area contributed by atoms with Crippen LogP contribution < -0.4 is 5.32 Å². The second-order valence-corrected chi connectivity index (χ2v) is 5.26. The predicted molar refractivity (Wildman–Crippen MR) is 73.8 cm³/mol. The number of hydrogen-bond donors (Lipinski definition) is 1. The summed E-state index contributed by atoms with van der Waals surface area (Å²) in [6.45, 7) is 8.05. The van der Waals surface area contributed by atoms with Gasteiger partial charge in [-0.2, -0.15) is 0 Å². The van der Waals surface area contributed by atoms with E-state index in [1.807, 2.05) is 6.07 Å². The molecule has 1 aliphatic heterocycles. The fourth-order valence-electron chi connectivity index (χ4n) is 2.62. The van der Waals surface area contributed by atoms with Crippen molar-refractivity contribution in [2.24, 2.45) is 5.92 Å². The average Bonchev–Trinajstić information content (AvgIpc) is 2.87. The van der Waals surface area contributed by atoms with Gasteiger partial charge >= 0.3 is 0 Å². The first-order valence-electron chi connectivity index (χ1n) is 7.18. The SMILES string of the molecule is CCN(Cc1cc(COC)on1)CC1CCCNC1. The van der Waals surface area contributed by atoms with E-state index in [9.17, 15) is 0 Å². The van der Waals surface area contributed by atoms with Gasteiger partial charge in [0.15, 0.2) is 5.76 Å². The first-order chi connectivity index (χ1) is 9.31. The van der Waals surface area contributed by atoms with Crippen LogP contribution in [0.1, 0.15) is 31.2 Å². The zero-order valence-electron chi connectivity index (χ0n) is 12.0. The van der Waals surface area contributed by atoms with Gasteiger partial charge in [0.1, 0.15) is 6.61 Å². The summed E-state index contributed by atoms with van der Waals surface area (Å²) in [5.74, 6) is 1.56. The summed E-state index contributed by atoms with van der Waals surface area (Å²) in [5.41, 5.74) is 0.998. The van der Waals surface area contributed by atoms with Gasteiger partial charge in [-0.25, -0.2) is 0 Å². The Bertz CT molecular complexity index is 361. The molecule has 1 atom stereocenters. The lowest BCUT2D eigenvalue weighted by Gasteiger charge is -2.28. The van der Waals surface area contributed by atoms with Crippen LogP contribution in [0.3, 0.4) is 0 Å². The average molecular weight is 267 g/mol. The summed E-state index contributed by atoms with van der Waals surface area (Å²) in [7, 11) is 1.66. The van der Waals surface area contributed by atoms with E-state index in [1.165, 1.54) is 19.4 Å². The van der Waals surface area contributed by atoms with Crippen LogP contribution in [-0.2, 0) is 17.9 Å². The van der Waals surface area contributed by atoms with E-state index < -0.39 is 0 Å². The van der Waals surface area contributed by atoms with E-state index in [0.29, 0.717) is 6.61 Å². The number of nitrogens with zero attached hydrogens (tertiary/aromatic N) is 2. The molecule has 0 radical (unpaired) electrons. The van der Waals surface area contributed by atoms with E-state index in [2.05, 4.69) is 22.3 Å². The molecule has 1 aromatic heterocycles. The highest BCUT2D eigenvalue weighted by Crippen LogP contribution is 2.14. The van der Waals surface area contributed by atoms with Gasteiger partial charge in [0, 0.05) is 26.3 Å². The predicted octanol–water partition coefficient (Wildman–Crippen LogP) is 1.64. The third kappa shape index (κ3) is 4.60. The highest BCUT2D eigenvalue weighted by Gasteiger charge is 2.17. The molecule has 0 saturated carbocycles. The second kappa shape index (κ2) is 7.62. The molecule has 1 N–H and O–H groups in total. The Morgan fingerprint density at radius 1 is 1.58 bits per heavy atom. The molecule has 1 unspecified atom stereocenters. The van der Waals surface area contributed by atoms with Crippen molar-refractivity contribution < 1.29 is 9.26 Å². The maximum atomic E-state index is 5.23. The fourth-order valence-corrected chi connectivity index (χ4v) is 2.62. The summed E-state index contributed by atoms with van der Waals surface area (Å²) < 4.78 is 10.3. The van der Waals surface area contributed by atoms with Gasteiger partial charge in [-0.15, -0.1) is 0 Å². The topological polar surface area (TPSA) is 50.5 Å². The van der Waals surface area contributed by atoms with E-state index in [-0.39, 0.29) is 0 Å². The molecule has 5 nitrogen and oxygen atoms in total. The number of hydrogen-bond acceptors (Lipinski definition) is 5. The maximum Gasteiger partial charge on any atom is 0.162 e. The molecule has 2 rings (SSSR count). The van der Waals surface area contributed by atoms with Crippen LogP contribution in [-0.4, -0.2) is 43.3 Å². The van der Waals surface area contributed by atoms with Crippen molar-refractivity contribution in [1.82, 2.24) is 15.4 Å². The summed E-state index contributed by atoms with van der Waals surface area (Å²) in [6, 6.07) is 1.99. The third-order valence-electron chi connectivity index (χ3n) is 3.64. The number of rotatable bonds is 7. The standard InChI is InChI=1S/C14H25N3O2/c1-3-17(9-12-5-4-6-15-8-12)10-13-7-14(11-18-2)19-16-13/h7,12,15H,3-6,8-11H2,1-2H3. The molecular formula is C14H25N3O2. The second-order valence-electron chi connectivity index (χ2n) is 5.26. The van der Waals surface area contributed by atoms with Crippen LogP contribution in [0.15, 0.2) is 10.6 Å². The first-order valence-corrected chi connectivity index (χ1v) is 7.18. The zero-order chi connectivity index (χ0) is 13.5. The minimum atomic E-state index is 0.492. The molecule has 5 heteroatoms. The molecule has 0 aromatic carbocycles. The molecule has 0 aliphatic carbocycles. The maximum absolute atomic E-state index is 5.23. The smallest absolute Gasteiger partial charge is 0.162 e. The summed E-state index contributed by atoms with van der Waals surface area (Å²) in [5, 5.41) is 7.58. The molecule has 1 saturated heterocycles. The Balaban J connectivity index is 1.83. The van der Waals surface area contributed by atoms with E-state index in [1.54, 1.807) is 7.11 Å². The fraction of sp³-hybridized carbons (Fsp3) is 0.786. The normalized spacial score (nSPS) is 20.1. The molecule has 1 aliphatic rings. The van der Waals surface area contributed by atoms with Gasteiger partial charge in [-0.1, -0.05) is 12.1 Å². The molecule has 108 valence electrons. The molecule has 0 bridgehead atoms. The van der Waals surface area contributed by atoms with Gasteiger partial charge < -0.3 is 14.6 Å². The summed E-state index contributed by atoms with van der Waals surface area (Å²) in [4.78, 5) is 2.44. The number of methoxy groups -OCH3 is 1. The Morgan fingerprint density at radius 3 is 3.16 bits per heavy atom. The van der Waals surface area contributed by atoms with Crippen molar-refractivity contribution in [3.05, 3.63) is 17.5 Å². The van der Waals surface area contributed by atoms with E-state index in [4.69, 9.17) is 9.26 Å². The van der Waals surface area contributed by atoms with Gasteiger partial charge in [-0.3, -0.25) is 4.90 Å². The molecule has 0 spiro atoms. The molecule has 1 aromatic rings. The van der Waals surface area contributed by atoms with Gasteiger partial charge in [-0.05, 0) is 38.4 Å². The minimum Gasteiger partial charge on any atom is -0.377 e. The molecular weight excluding hydrogens is 242 g/mol. The van der Waals surface area contributed by atoms with Crippen LogP contribution in [0.5, 0.6) is 0 Å². The summed E-state index contributed by atoms with van der Waals surface area (Å²) >= 11 is 0. The number of aromatic nitrogens is 1. The Hall–Kier alpha value is -0.910. The Morgan fingerprint density at radius 2 is 2.47 bits per heavy atom. The molecule has 2 heterocycles. The zero-order valence-corrected chi connectivity index (χ0v) is 12.0. The monoisotopic (exact) mass is 267 g/mol. The number of nitrogens with one attached hydrogen (secondary N) is 1. The van der Waals surface area contributed by atoms with Crippen LogP contribution in [0.4, 0.5) is 0 Å². The molecule has 19 heavy (non-hydrogen) atoms. The largest absolute Gasteiger partial charge is 0.377 e. The highest BCUT2D eigenvalue weighted by molar-refractivity contribution is 5.04.